The van der Waals surface area contributed by atoms with Gasteiger partial charge in [0.1, 0.15) is 23.8 Å². The van der Waals surface area contributed by atoms with Crippen LogP contribution in [-0.4, -0.2) is 72.8 Å². The van der Waals surface area contributed by atoms with Crippen LogP contribution in [0.3, 0.4) is 0 Å². The number of anilines is 2. The monoisotopic (exact) mass is 353 g/mol. The lowest BCUT2D eigenvalue weighted by Gasteiger charge is -2.16. The van der Waals surface area contributed by atoms with Crippen LogP contribution in [0.2, 0.25) is 0 Å². The summed E-state index contributed by atoms with van der Waals surface area (Å²) in [6, 6.07) is 0. The fourth-order valence-electron chi connectivity index (χ4n) is 2.78. The molecule has 1 unspecified atom stereocenters. The van der Waals surface area contributed by atoms with E-state index in [0.717, 1.165) is 12.8 Å². The number of aliphatic hydroxyl groups excluding tert-OH is 3. The summed E-state index contributed by atoms with van der Waals surface area (Å²) in [6.45, 7) is 0.846. The molecule has 3 heterocycles. The predicted molar refractivity (Wildman–Crippen MR) is 89.5 cm³/mol. The predicted octanol–water partition coefficient (Wildman–Crippen LogP) is -1.83. The van der Waals surface area contributed by atoms with E-state index in [1.807, 2.05) is 0 Å². The van der Waals surface area contributed by atoms with Crippen molar-refractivity contribution >= 4 is 22.9 Å². The smallest absolute Gasteiger partial charge is 0.226 e. The molecule has 11 heteroatoms. The zero-order valence-electron chi connectivity index (χ0n) is 13.6. The molecule has 1 saturated heterocycles. The number of unbranched alkanes of at least 4 members (excludes halogenated alkanes) is 1. The van der Waals surface area contributed by atoms with E-state index >= 15 is 0 Å². The minimum Gasteiger partial charge on any atom is -0.394 e. The van der Waals surface area contributed by atoms with E-state index in [4.69, 9.17) is 16.2 Å². The molecular weight excluding hydrogens is 330 g/mol. The van der Waals surface area contributed by atoms with Crippen molar-refractivity contribution in [3.8, 4) is 0 Å². The quantitative estimate of drug-likeness (QED) is 0.310. The summed E-state index contributed by atoms with van der Waals surface area (Å²) in [5, 5.41) is 32.4. The van der Waals surface area contributed by atoms with Gasteiger partial charge in [-0.05, 0) is 19.4 Å². The maximum absolute atomic E-state index is 10.2. The molecule has 11 nitrogen and oxygen atoms in total. The summed E-state index contributed by atoms with van der Waals surface area (Å²) in [7, 11) is 0. The number of nitrogens with two attached hydrogens (primary N) is 2. The zero-order chi connectivity index (χ0) is 18.0. The molecule has 0 amide bonds. The minimum absolute atomic E-state index is 0.191. The number of imidazole rings is 1. The number of fused-ring (bicyclic) bond motifs is 1. The summed E-state index contributed by atoms with van der Waals surface area (Å²) < 4.78 is 6.99. The van der Waals surface area contributed by atoms with Crippen LogP contribution < -0.4 is 16.8 Å². The molecular formula is C14H23N7O4. The largest absolute Gasteiger partial charge is 0.394 e. The second kappa shape index (κ2) is 7.45. The van der Waals surface area contributed by atoms with Crippen LogP contribution >= 0.6 is 0 Å². The van der Waals surface area contributed by atoms with Gasteiger partial charge in [-0.1, -0.05) is 0 Å². The van der Waals surface area contributed by atoms with E-state index in [-0.39, 0.29) is 5.82 Å². The topological polar surface area (TPSA) is 178 Å². The van der Waals surface area contributed by atoms with Crippen LogP contribution in [0.25, 0.3) is 11.2 Å². The van der Waals surface area contributed by atoms with E-state index < -0.39 is 31.1 Å². The Hall–Kier alpha value is -2.05. The number of hydrogen-bond donors (Lipinski definition) is 6. The Bertz CT molecular complexity index is 725. The number of rotatable bonds is 7. The summed E-state index contributed by atoms with van der Waals surface area (Å²) in [6.07, 6.45) is -1.10. The average molecular weight is 353 g/mol. The normalized spacial score (nSPS) is 26.4. The molecule has 8 N–H and O–H groups in total. The van der Waals surface area contributed by atoms with Gasteiger partial charge < -0.3 is 36.8 Å². The lowest BCUT2D eigenvalue weighted by Crippen LogP contribution is -2.33. The fourth-order valence-corrected chi connectivity index (χ4v) is 2.78. The van der Waals surface area contributed by atoms with Gasteiger partial charge in [0, 0.05) is 6.54 Å². The van der Waals surface area contributed by atoms with Crippen LogP contribution in [-0.2, 0) is 4.74 Å². The van der Waals surface area contributed by atoms with Gasteiger partial charge in [0.2, 0.25) is 5.95 Å². The Labute approximate surface area is 143 Å². The van der Waals surface area contributed by atoms with Gasteiger partial charge >= 0.3 is 0 Å². The molecule has 0 bridgehead atoms. The summed E-state index contributed by atoms with van der Waals surface area (Å²) in [4.78, 5) is 12.7. The Morgan fingerprint density at radius 2 is 2.04 bits per heavy atom. The SMILES string of the molecule is NCCCCNc1nc(N)c2ncn(C3O[C@H](CO)[C@@H](O)[C@H]3O)c2n1. The van der Waals surface area contributed by atoms with Crippen LogP contribution in [0.15, 0.2) is 6.33 Å². The molecule has 1 fully saturated rings. The number of ether oxygens (including phenoxy) is 1. The highest BCUT2D eigenvalue weighted by Crippen LogP contribution is 2.32. The van der Waals surface area contributed by atoms with Gasteiger partial charge in [-0.15, -0.1) is 0 Å². The third-order valence-corrected chi connectivity index (χ3v) is 4.15. The van der Waals surface area contributed by atoms with E-state index in [0.29, 0.717) is 30.2 Å². The van der Waals surface area contributed by atoms with Crippen molar-refractivity contribution < 1.29 is 20.1 Å². The van der Waals surface area contributed by atoms with Gasteiger partial charge in [0.15, 0.2) is 17.7 Å². The van der Waals surface area contributed by atoms with E-state index in [2.05, 4.69) is 20.3 Å². The summed E-state index contributed by atoms with van der Waals surface area (Å²) >= 11 is 0. The molecule has 0 spiro atoms. The molecule has 0 radical (unpaired) electrons. The van der Waals surface area contributed by atoms with Crippen molar-refractivity contribution in [1.29, 1.82) is 0 Å². The van der Waals surface area contributed by atoms with Gasteiger partial charge in [-0.2, -0.15) is 9.97 Å². The average Bonchev–Trinajstić information content (AvgIpc) is 3.14. The molecule has 0 saturated carbocycles. The molecule has 138 valence electrons. The van der Waals surface area contributed by atoms with Crippen molar-refractivity contribution in [3.63, 3.8) is 0 Å². The van der Waals surface area contributed by atoms with E-state index in [1.165, 1.54) is 10.9 Å². The van der Waals surface area contributed by atoms with Crippen LogP contribution in [0.5, 0.6) is 0 Å². The van der Waals surface area contributed by atoms with Crippen molar-refractivity contribution in [2.75, 3.05) is 30.7 Å². The maximum atomic E-state index is 10.2. The Morgan fingerprint density at radius 1 is 1.24 bits per heavy atom. The minimum atomic E-state index is -1.23. The van der Waals surface area contributed by atoms with Crippen molar-refractivity contribution in [3.05, 3.63) is 6.33 Å². The van der Waals surface area contributed by atoms with Gasteiger partial charge in [-0.3, -0.25) is 4.57 Å². The molecule has 0 aliphatic carbocycles. The number of aliphatic hydroxyl groups is 3. The van der Waals surface area contributed by atoms with E-state index in [9.17, 15) is 15.3 Å². The van der Waals surface area contributed by atoms with Gasteiger partial charge in [0.25, 0.3) is 0 Å². The molecule has 0 aromatic carbocycles. The number of nitrogens with zero attached hydrogens (tertiary/aromatic N) is 4. The second-order valence-electron chi connectivity index (χ2n) is 5.91. The molecule has 4 atom stereocenters. The Balaban J connectivity index is 1.88. The second-order valence-corrected chi connectivity index (χ2v) is 5.91. The van der Waals surface area contributed by atoms with Crippen molar-refractivity contribution in [1.82, 2.24) is 19.5 Å². The maximum Gasteiger partial charge on any atom is 0.226 e. The van der Waals surface area contributed by atoms with Crippen LogP contribution in [0.1, 0.15) is 19.1 Å². The first-order valence-electron chi connectivity index (χ1n) is 8.13. The molecule has 3 rings (SSSR count). The first-order valence-corrected chi connectivity index (χ1v) is 8.13. The van der Waals surface area contributed by atoms with Crippen LogP contribution in [0, 0.1) is 0 Å². The van der Waals surface area contributed by atoms with Crippen molar-refractivity contribution in [2.24, 2.45) is 5.73 Å². The van der Waals surface area contributed by atoms with E-state index in [1.54, 1.807) is 0 Å². The highest BCUT2D eigenvalue weighted by molar-refractivity contribution is 5.82. The standard InChI is InChI=1S/C14H23N7O4/c15-3-1-2-4-17-14-19-11(16)8-12(20-14)21(6-18-8)13-10(24)9(23)7(5-22)25-13/h6-7,9-10,13,22-24H,1-5,15H2,(H3,16,17,19,20)/t7-,9-,10-,13?/m1/s1. The molecule has 1 aliphatic rings. The van der Waals surface area contributed by atoms with Gasteiger partial charge in [0.05, 0.1) is 12.9 Å². The first-order chi connectivity index (χ1) is 12.1. The van der Waals surface area contributed by atoms with Crippen molar-refractivity contribution in [2.45, 2.75) is 37.4 Å². The molecule has 1 aliphatic heterocycles. The molecule has 2 aromatic heterocycles. The van der Waals surface area contributed by atoms with Crippen LogP contribution in [0.4, 0.5) is 11.8 Å². The Morgan fingerprint density at radius 3 is 2.72 bits per heavy atom. The molecule has 2 aromatic rings. The molecule has 25 heavy (non-hydrogen) atoms. The third kappa shape index (κ3) is 3.37. The lowest BCUT2D eigenvalue weighted by atomic mass is 10.1. The first kappa shape index (κ1) is 17.8. The summed E-state index contributed by atoms with van der Waals surface area (Å²) in [5.74, 6) is 0.521. The lowest BCUT2D eigenvalue weighted by molar-refractivity contribution is -0.0511. The number of nitrogen functional groups attached to an aromatic ring is 1. The zero-order valence-corrected chi connectivity index (χ0v) is 13.6. The summed E-state index contributed by atoms with van der Waals surface area (Å²) in [5.41, 5.74) is 12.1. The number of hydrogen-bond acceptors (Lipinski definition) is 10. The number of nitrogens with one attached hydrogen (secondary N) is 1. The highest BCUT2D eigenvalue weighted by atomic mass is 16.6. The van der Waals surface area contributed by atoms with Gasteiger partial charge in [-0.25, -0.2) is 4.98 Å². The third-order valence-electron chi connectivity index (χ3n) is 4.15. The number of aromatic nitrogens is 4. The fraction of sp³-hybridized carbons (Fsp3) is 0.643. The highest BCUT2D eigenvalue weighted by Gasteiger charge is 2.44. The Kier molecular flexibility index (Phi) is 5.30.